The number of hydrogen-bond acceptors (Lipinski definition) is 3. The Bertz CT molecular complexity index is 454. The molecule has 1 aliphatic heterocycles. The van der Waals surface area contributed by atoms with Crippen LogP contribution in [0, 0.1) is 0 Å². The minimum atomic E-state index is -0.519. The summed E-state index contributed by atoms with van der Waals surface area (Å²) in [5, 5.41) is 2.94. The van der Waals surface area contributed by atoms with E-state index >= 15 is 0 Å². The number of fused-ring (bicyclic) bond motifs is 1. The minimum Gasteiger partial charge on any atom is -0.356 e. The van der Waals surface area contributed by atoms with Gasteiger partial charge in [-0.25, -0.2) is 0 Å². The zero-order valence-corrected chi connectivity index (χ0v) is 10.6. The third-order valence-electron chi connectivity index (χ3n) is 3.38. The van der Waals surface area contributed by atoms with E-state index in [2.05, 4.69) is 23.2 Å². The summed E-state index contributed by atoms with van der Waals surface area (Å²) in [6.45, 7) is 7.23. The smallest absolute Gasteiger partial charge is 0.249 e. The third-order valence-corrected chi connectivity index (χ3v) is 3.38. The van der Waals surface area contributed by atoms with Gasteiger partial charge in [-0.1, -0.05) is 6.07 Å². The number of amides is 1. The van der Waals surface area contributed by atoms with Gasteiger partial charge in [0, 0.05) is 13.1 Å². The second-order valence-electron chi connectivity index (χ2n) is 4.81. The molecule has 0 saturated heterocycles. The van der Waals surface area contributed by atoms with Gasteiger partial charge in [0.25, 0.3) is 0 Å². The number of hydrogen-bond donors (Lipinski definition) is 2. The highest BCUT2D eigenvalue weighted by Crippen LogP contribution is 2.37. The van der Waals surface area contributed by atoms with Gasteiger partial charge in [0.05, 0.1) is 11.4 Å². The van der Waals surface area contributed by atoms with Crippen LogP contribution in [0.25, 0.3) is 0 Å². The van der Waals surface area contributed by atoms with Gasteiger partial charge in [0.1, 0.15) is 5.54 Å². The van der Waals surface area contributed by atoms with E-state index in [0.29, 0.717) is 6.54 Å². The summed E-state index contributed by atoms with van der Waals surface area (Å²) in [7, 11) is 0. The van der Waals surface area contributed by atoms with E-state index in [-0.39, 0.29) is 5.91 Å². The Hall–Kier alpha value is -1.55. The van der Waals surface area contributed by atoms with E-state index < -0.39 is 5.54 Å². The van der Waals surface area contributed by atoms with Crippen molar-refractivity contribution in [2.45, 2.75) is 32.9 Å². The molecule has 0 spiro atoms. The number of benzene rings is 1. The number of nitrogens with zero attached hydrogens (tertiary/aromatic N) is 1. The fourth-order valence-corrected chi connectivity index (χ4v) is 2.30. The van der Waals surface area contributed by atoms with Crippen LogP contribution >= 0.6 is 0 Å². The van der Waals surface area contributed by atoms with Gasteiger partial charge in [-0.3, -0.25) is 4.79 Å². The molecule has 0 aliphatic carbocycles. The van der Waals surface area contributed by atoms with Gasteiger partial charge in [-0.2, -0.15) is 0 Å². The molecule has 1 aliphatic rings. The molecule has 0 unspecified atom stereocenters. The van der Waals surface area contributed by atoms with E-state index in [9.17, 15) is 4.79 Å². The summed E-state index contributed by atoms with van der Waals surface area (Å²) in [4.78, 5) is 14.1. The molecule has 0 fully saturated rings. The van der Waals surface area contributed by atoms with Crippen molar-refractivity contribution < 1.29 is 4.79 Å². The number of nitrogens with two attached hydrogens (primary N) is 1. The van der Waals surface area contributed by atoms with Crippen molar-refractivity contribution in [3.63, 3.8) is 0 Å². The summed E-state index contributed by atoms with van der Waals surface area (Å²) < 4.78 is 0. The predicted molar refractivity (Wildman–Crippen MR) is 70.1 cm³/mol. The molecule has 1 heterocycles. The summed E-state index contributed by atoms with van der Waals surface area (Å²) in [6, 6.07) is 5.93. The lowest BCUT2D eigenvalue weighted by Gasteiger charge is -2.43. The molecule has 0 bridgehead atoms. The van der Waals surface area contributed by atoms with Crippen LogP contribution in [-0.4, -0.2) is 18.0 Å². The minimum absolute atomic E-state index is 0.0346. The normalized spacial score (nSPS) is 17.6. The summed E-state index contributed by atoms with van der Waals surface area (Å²) in [5.41, 5.74) is 8.14. The van der Waals surface area contributed by atoms with Crippen LogP contribution in [0.4, 0.5) is 11.4 Å². The maximum atomic E-state index is 12.0. The van der Waals surface area contributed by atoms with Crippen molar-refractivity contribution in [1.82, 2.24) is 0 Å². The van der Waals surface area contributed by atoms with Crippen LogP contribution in [0.15, 0.2) is 18.2 Å². The maximum absolute atomic E-state index is 12.0. The van der Waals surface area contributed by atoms with Gasteiger partial charge >= 0.3 is 0 Å². The molecular formula is C13H19N3O. The number of likely N-dealkylation sites (N-methyl/N-ethyl adjacent to an activating group) is 1. The van der Waals surface area contributed by atoms with Crippen molar-refractivity contribution in [1.29, 1.82) is 0 Å². The Morgan fingerprint density at radius 1 is 1.41 bits per heavy atom. The van der Waals surface area contributed by atoms with E-state index in [4.69, 9.17) is 5.73 Å². The number of rotatable bonds is 2. The molecule has 4 heteroatoms. The highest BCUT2D eigenvalue weighted by atomic mass is 16.2. The molecule has 2 rings (SSSR count). The average Bonchev–Trinajstić information content (AvgIpc) is 2.30. The summed E-state index contributed by atoms with van der Waals surface area (Å²) in [6.07, 6.45) is 0. The van der Waals surface area contributed by atoms with Crippen molar-refractivity contribution in [2.24, 2.45) is 5.73 Å². The lowest BCUT2D eigenvalue weighted by molar-refractivity contribution is -0.120. The number of nitrogens with one attached hydrogen (secondary N) is 1. The number of anilines is 2. The van der Waals surface area contributed by atoms with Crippen LogP contribution in [0.1, 0.15) is 26.3 Å². The monoisotopic (exact) mass is 233 g/mol. The summed E-state index contributed by atoms with van der Waals surface area (Å²) in [5.74, 6) is 0.0346. The highest BCUT2D eigenvalue weighted by Gasteiger charge is 2.39. The summed E-state index contributed by atoms with van der Waals surface area (Å²) >= 11 is 0. The third kappa shape index (κ3) is 1.78. The quantitative estimate of drug-likeness (QED) is 0.817. The van der Waals surface area contributed by atoms with Crippen molar-refractivity contribution >= 4 is 17.3 Å². The standard InChI is InChI=1S/C13H19N3O/c1-4-16-11-7-9(8-14)5-6-10(11)15-12(17)13(16,2)3/h5-7H,4,8,14H2,1-3H3,(H,15,17). The highest BCUT2D eigenvalue weighted by molar-refractivity contribution is 6.06. The Labute approximate surface area is 102 Å². The Kier molecular flexibility index (Phi) is 2.83. The van der Waals surface area contributed by atoms with Crippen LogP contribution < -0.4 is 16.0 Å². The van der Waals surface area contributed by atoms with Crippen molar-refractivity contribution in [2.75, 3.05) is 16.8 Å². The Morgan fingerprint density at radius 3 is 2.71 bits per heavy atom. The predicted octanol–water partition coefficient (Wildman–Crippen LogP) is 1.70. The molecule has 4 nitrogen and oxygen atoms in total. The molecule has 0 atom stereocenters. The molecule has 17 heavy (non-hydrogen) atoms. The molecule has 1 aromatic carbocycles. The van der Waals surface area contributed by atoms with Crippen LogP contribution in [0.3, 0.4) is 0 Å². The molecule has 0 saturated carbocycles. The Morgan fingerprint density at radius 2 is 2.12 bits per heavy atom. The SMILES string of the molecule is CCN1c2cc(CN)ccc2NC(=O)C1(C)C. The van der Waals surface area contributed by atoms with Gasteiger partial charge in [-0.15, -0.1) is 0 Å². The number of carbonyl (C=O) groups is 1. The largest absolute Gasteiger partial charge is 0.356 e. The molecular weight excluding hydrogens is 214 g/mol. The first-order chi connectivity index (χ1) is 8.00. The Balaban J connectivity index is 2.55. The molecule has 92 valence electrons. The van der Waals surface area contributed by atoms with Gasteiger partial charge in [0.15, 0.2) is 0 Å². The van der Waals surface area contributed by atoms with E-state index in [0.717, 1.165) is 23.5 Å². The molecule has 0 radical (unpaired) electrons. The zero-order valence-electron chi connectivity index (χ0n) is 10.6. The lowest BCUT2D eigenvalue weighted by atomic mass is 9.95. The first kappa shape index (κ1) is 11.9. The van der Waals surface area contributed by atoms with E-state index in [1.54, 1.807) is 0 Å². The van der Waals surface area contributed by atoms with Crippen molar-refractivity contribution in [3.05, 3.63) is 23.8 Å². The topological polar surface area (TPSA) is 58.4 Å². The van der Waals surface area contributed by atoms with Gasteiger partial charge in [0.2, 0.25) is 5.91 Å². The molecule has 1 amide bonds. The molecule has 3 N–H and O–H groups in total. The van der Waals surface area contributed by atoms with Gasteiger partial charge < -0.3 is 16.0 Å². The maximum Gasteiger partial charge on any atom is 0.249 e. The fraction of sp³-hybridized carbons (Fsp3) is 0.462. The second kappa shape index (κ2) is 4.04. The fourth-order valence-electron chi connectivity index (χ4n) is 2.30. The molecule has 1 aromatic rings. The van der Waals surface area contributed by atoms with E-state index in [1.807, 2.05) is 26.0 Å². The zero-order chi connectivity index (χ0) is 12.6. The number of carbonyl (C=O) groups excluding carboxylic acids is 1. The first-order valence-corrected chi connectivity index (χ1v) is 5.92. The van der Waals surface area contributed by atoms with Crippen LogP contribution in [0.5, 0.6) is 0 Å². The second-order valence-corrected chi connectivity index (χ2v) is 4.81. The van der Waals surface area contributed by atoms with Crippen LogP contribution in [-0.2, 0) is 11.3 Å². The molecule has 0 aromatic heterocycles. The average molecular weight is 233 g/mol. The first-order valence-electron chi connectivity index (χ1n) is 5.92. The van der Waals surface area contributed by atoms with Crippen LogP contribution in [0.2, 0.25) is 0 Å². The lowest BCUT2D eigenvalue weighted by Crippen LogP contribution is -2.56. The van der Waals surface area contributed by atoms with Crippen molar-refractivity contribution in [3.8, 4) is 0 Å². The van der Waals surface area contributed by atoms with Gasteiger partial charge in [-0.05, 0) is 38.5 Å². The van der Waals surface area contributed by atoms with E-state index in [1.165, 1.54) is 0 Å².